The molecule has 0 bridgehead atoms. The molecule has 2 atom stereocenters. The lowest BCUT2D eigenvalue weighted by atomic mass is 10.1. The molecule has 2 unspecified atom stereocenters. The number of anilines is 1. The number of carbonyl (C=O) groups is 2. The van der Waals surface area contributed by atoms with Crippen LogP contribution in [0.3, 0.4) is 0 Å². The van der Waals surface area contributed by atoms with Gasteiger partial charge in [-0.3, -0.25) is 14.6 Å². The zero-order valence-electron chi connectivity index (χ0n) is 12.9. The topological polar surface area (TPSA) is 71.1 Å². The van der Waals surface area contributed by atoms with Crippen molar-refractivity contribution >= 4 is 29.3 Å². The van der Waals surface area contributed by atoms with Gasteiger partial charge in [-0.25, -0.2) is 0 Å². The molecule has 1 aliphatic heterocycles. The Hall–Kier alpha value is -2.34. The lowest BCUT2D eigenvalue weighted by Crippen LogP contribution is -2.29. The molecule has 0 aliphatic carbocycles. The maximum atomic E-state index is 12.4. The number of hydrogen-bond acceptors (Lipinski definition) is 4. The van der Waals surface area contributed by atoms with Crippen molar-refractivity contribution in [3.8, 4) is 0 Å². The van der Waals surface area contributed by atoms with E-state index in [0.717, 1.165) is 10.6 Å². The van der Waals surface area contributed by atoms with Crippen molar-refractivity contribution in [3.05, 3.63) is 53.9 Å². The van der Waals surface area contributed by atoms with Crippen molar-refractivity contribution in [2.45, 2.75) is 30.0 Å². The zero-order chi connectivity index (χ0) is 16.4. The van der Waals surface area contributed by atoms with E-state index in [1.54, 1.807) is 18.3 Å². The summed E-state index contributed by atoms with van der Waals surface area (Å²) < 4.78 is 0. The Labute approximate surface area is 138 Å². The Morgan fingerprint density at radius 3 is 2.91 bits per heavy atom. The van der Waals surface area contributed by atoms with Gasteiger partial charge >= 0.3 is 0 Å². The Morgan fingerprint density at radius 1 is 1.35 bits per heavy atom. The maximum absolute atomic E-state index is 12.4. The van der Waals surface area contributed by atoms with E-state index in [9.17, 15) is 9.59 Å². The average molecular weight is 327 g/mol. The molecular formula is C17H17N3O2S. The minimum Gasteiger partial charge on any atom is -0.344 e. The molecule has 2 heterocycles. The minimum atomic E-state index is -0.191. The first-order valence-corrected chi connectivity index (χ1v) is 8.26. The van der Waals surface area contributed by atoms with Crippen LogP contribution >= 0.6 is 11.8 Å². The van der Waals surface area contributed by atoms with Gasteiger partial charge in [0.2, 0.25) is 5.91 Å². The monoisotopic (exact) mass is 327 g/mol. The number of amides is 2. The molecule has 0 radical (unpaired) electrons. The second-order valence-corrected chi connectivity index (χ2v) is 6.79. The van der Waals surface area contributed by atoms with Crippen LogP contribution in [-0.2, 0) is 4.79 Å². The maximum Gasteiger partial charge on any atom is 0.251 e. The van der Waals surface area contributed by atoms with Crippen LogP contribution in [0.25, 0.3) is 0 Å². The van der Waals surface area contributed by atoms with Crippen molar-refractivity contribution in [1.82, 2.24) is 10.3 Å². The molecule has 0 fully saturated rings. The van der Waals surface area contributed by atoms with Gasteiger partial charge in [0.1, 0.15) is 0 Å². The molecule has 3 rings (SSSR count). The number of nitrogens with zero attached hydrogens (tertiary/aromatic N) is 1. The third-order valence-electron chi connectivity index (χ3n) is 3.65. The van der Waals surface area contributed by atoms with E-state index in [-0.39, 0.29) is 23.1 Å². The summed E-state index contributed by atoms with van der Waals surface area (Å²) in [6.45, 7) is 3.75. The highest BCUT2D eigenvalue weighted by molar-refractivity contribution is 8.00. The number of carbonyl (C=O) groups excluding carboxylic acids is 2. The van der Waals surface area contributed by atoms with E-state index in [4.69, 9.17) is 0 Å². The van der Waals surface area contributed by atoms with Gasteiger partial charge < -0.3 is 10.6 Å². The van der Waals surface area contributed by atoms with Crippen LogP contribution in [0, 0.1) is 0 Å². The molecule has 1 aromatic heterocycles. The van der Waals surface area contributed by atoms with Crippen LogP contribution < -0.4 is 10.6 Å². The van der Waals surface area contributed by atoms with Crippen molar-refractivity contribution in [3.63, 3.8) is 0 Å². The third-order valence-corrected chi connectivity index (χ3v) is 4.83. The molecule has 2 aromatic rings. The van der Waals surface area contributed by atoms with Gasteiger partial charge in [-0.05, 0) is 44.2 Å². The highest BCUT2D eigenvalue weighted by Gasteiger charge is 2.24. The normalized spacial score (nSPS) is 17.8. The third kappa shape index (κ3) is 3.37. The number of fused-ring (bicyclic) bond motifs is 1. The second kappa shape index (κ2) is 6.42. The summed E-state index contributed by atoms with van der Waals surface area (Å²) in [7, 11) is 0. The number of thioether (sulfide) groups is 1. The summed E-state index contributed by atoms with van der Waals surface area (Å²) in [5.74, 6) is -0.231. The Morgan fingerprint density at radius 2 is 2.17 bits per heavy atom. The first kappa shape index (κ1) is 15.6. The fraction of sp³-hybridized carbons (Fsp3) is 0.235. The van der Waals surface area contributed by atoms with Crippen LogP contribution in [-0.4, -0.2) is 22.0 Å². The van der Waals surface area contributed by atoms with Gasteiger partial charge in [0.25, 0.3) is 5.91 Å². The minimum absolute atomic E-state index is 0.0399. The van der Waals surface area contributed by atoms with Crippen molar-refractivity contribution < 1.29 is 9.59 Å². The molecular weight excluding hydrogens is 310 g/mol. The van der Waals surface area contributed by atoms with E-state index < -0.39 is 0 Å². The van der Waals surface area contributed by atoms with Crippen LogP contribution in [0.15, 0.2) is 47.5 Å². The van der Waals surface area contributed by atoms with Gasteiger partial charge in [-0.15, -0.1) is 11.8 Å². The Kier molecular flexibility index (Phi) is 4.34. The van der Waals surface area contributed by atoms with Gasteiger partial charge in [-0.1, -0.05) is 6.07 Å². The fourth-order valence-corrected chi connectivity index (χ4v) is 3.27. The summed E-state index contributed by atoms with van der Waals surface area (Å²) in [5.41, 5.74) is 2.01. The molecule has 1 aliphatic rings. The number of benzene rings is 1. The highest BCUT2D eigenvalue weighted by Crippen LogP contribution is 2.35. The second-order valence-electron chi connectivity index (χ2n) is 5.41. The van der Waals surface area contributed by atoms with Crippen molar-refractivity contribution in [2.24, 2.45) is 0 Å². The zero-order valence-corrected chi connectivity index (χ0v) is 13.7. The average Bonchev–Trinajstić information content (AvgIpc) is 2.56. The fourth-order valence-electron chi connectivity index (χ4n) is 2.34. The molecule has 1 aromatic carbocycles. The molecule has 0 spiro atoms. The summed E-state index contributed by atoms with van der Waals surface area (Å²) in [6, 6.07) is 10.8. The number of hydrogen-bond donors (Lipinski definition) is 2. The number of pyridine rings is 1. The van der Waals surface area contributed by atoms with E-state index in [2.05, 4.69) is 15.6 Å². The van der Waals surface area contributed by atoms with Crippen molar-refractivity contribution in [1.29, 1.82) is 0 Å². The van der Waals surface area contributed by atoms with Gasteiger partial charge in [0, 0.05) is 16.7 Å². The molecule has 6 heteroatoms. The summed E-state index contributed by atoms with van der Waals surface area (Å²) in [5, 5.41) is 5.64. The first-order valence-electron chi connectivity index (χ1n) is 7.38. The first-order chi connectivity index (χ1) is 11.0. The summed E-state index contributed by atoms with van der Waals surface area (Å²) in [6.07, 6.45) is 1.70. The predicted molar refractivity (Wildman–Crippen MR) is 90.5 cm³/mol. The lowest BCUT2D eigenvalue weighted by Gasteiger charge is -2.22. The van der Waals surface area contributed by atoms with Gasteiger partial charge in [0.05, 0.1) is 22.7 Å². The van der Waals surface area contributed by atoms with Crippen molar-refractivity contribution in [2.75, 3.05) is 5.32 Å². The molecule has 5 nitrogen and oxygen atoms in total. The molecule has 2 amide bonds. The SMILES string of the molecule is CC1Sc2ccc(C(=O)NC(C)c3ccccn3)cc2NC1=O. The molecule has 0 saturated carbocycles. The van der Waals surface area contributed by atoms with E-state index in [1.807, 2.05) is 38.1 Å². The molecule has 0 saturated heterocycles. The number of aromatic nitrogens is 1. The van der Waals surface area contributed by atoms with Crippen LogP contribution in [0.2, 0.25) is 0 Å². The summed E-state index contributed by atoms with van der Waals surface area (Å²) >= 11 is 1.50. The van der Waals surface area contributed by atoms with E-state index in [0.29, 0.717) is 11.3 Å². The van der Waals surface area contributed by atoms with Crippen LogP contribution in [0.5, 0.6) is 0 Å². The number of rotatable bonds is 3. The predicted octanol–water partition coefficient (Wildman–Crippen LogP) is 3.01. The largest absolute Gasteiger partial charge is 0.344 e. The Bertz CT molecular complexity index is 749. The quantitative estimate of drug-likeness (QED) is 0.909. The van der Waals surface area contributed by atoms with Crippen LogP contribution in [0.1, 0.15) is 35.9 Å². The standard InChI is InChI=1S/C17H17N3O2S/c1-10(13-5-3-4-8-18-13)19-17(22)12-6-7-15-14(9-12)20-16(21)11(2)23-15/h3-11H,1-2H3,(H,19,22)(H,20,21). The van der Waals surface area contributed by atoms with E-state index in [1.165, 1.54) is 11.8 Å². The molecule has 2 N–H and O–H groups in total. The van der Waals surface area contributed by atoms with Gasteiger partial charge in [0.15, 0.2) is 0 Å². The Balaban J connectivity index is 1.76. The van der Waals surface area contributed by atoms with Gasteiger partial charge in [-0.2, -0.15) is 0 Å². The van der Waals surface area contributed by atoms with Crippen LogP contribution in [0.4, 0.5) is 5.69 Å². The molecule has 23 heavy (non-hydrogen) atoms. The lowest BCUT2D eigenvalue weighted by molar-refractivity contribution is -0.115. The van der Waals surface area contributed by atoms with E-state index >= 15 is 0 Å². The molecule has 118 valence electrons. The summed E-state index contributed by atoms with van der Waals surface area (Å²) in [4.78, 5) is 29.4. The highest BCUT2D eigenvalue weighted by atomic mass is 32.2. The smallest absolute Gasteiger partial charge is 0.251 e. The number of nitrogens with one attached hydrogen (secondary N) is 2.